The van der Waals surface area contributed by atoms with E-state index in [2.05, 4.69) is 50.0 Å². The lowest BCUT2D eigenvalue weighted by Crippen LogP contribution is -2.46. The first-order valence-corrected chi connectivity index (χ1v) is 20.6. The van der Waals surface area contributed by atoms with Gasteiger partial charge in [-0.2, -0.15) is 0 Å². The highest BCUT2D eigenvalue weighted by molar-refractivity contribution is 6.06. The van der Waals surface area contributed by atoms with Crippen molar-refractivity contribution in [3.63, 3.8) is 0 Å². The molecule has 4 aromatic carbocycles. The van der Waals surface area contributed by atoms with Gasteiger partial charge in [0.15, 0.2) is 6.29 Å². The van der Waals surface area contributed by atoms with E-state index in [1.807, 2.05) is 91.0 Å². The Balaban J connectivity index is 0.974. The van der Waals surface area contributed by atoms with Crippen LogP contribution in [0, 0.1) is 16.7 Å². The third-order valence-electron chi connectivity index (χ3n) is 12.6. The van der Waals surface area contributed by atoms with E-state index in [1.54, 1.807) is 0 Å². The molecule has 2 N–H and O–H groups in total. The van der Waals surface area contributed by atoms with Crippen LogP contribution in [0.5, 0.6) is 0 Å². The summed E-state index contributed by atoms with van der Waals surface area (Å²) < 4.78 is 19.0. The third-order valence-corrected chi connectivity index (χ3v) is 12.6. The molecule has 0 aromatic heterocycles. The first kappa shape index (κ1) is 39.9. The molecule has 10 nitrogen and oxygen atoms in total. The summed E-state index contributed by atoms with van der Waals surface area (Å²) in [5, 5.41) is 12.3. The van der Waals surface area contributed by atoms with Crippen LogP contribution in [-0.4, -0.2) is 64.1 Å². The van der Waals surface area contributed by atoms with Crippen molar-refractivity contribution in [1.82, 2.24) is 15.1 Å². The van der Waals surface area contributed by atoms with Crippen molar-refractivity contribution in [2.75, 3.05) is 13.1 Å². The maximum absolute atomic E-state index is 13.4. The summed E-state index contributed by atoms with van der Waals surface area (Å²) in [5.74, 6) is -0.720. The van der Waals surface area contributed by atoms with E-state index in [0.717, 1.165) is 52.0 Å². The molecular weight excluding hydrogens is 731 g/mol. The Morgan fingerprint density at radius 2 is 1.57 bits per heavy atom. The van der Waals surface area contributed by atoms with Gasteiger partial charge in [0.2, 0.25) is 5.91 Å². The van der Waals surface area contributed by atoms with Gasteiger partial charge in [0.1, 0.15) is 12.6 Å². The van der Waals surface area contributed by atoms with E-state index in [9.17, 15) is 19.5 Å². The number of imide groups is 1. The second kappa shape index (κ2) is 16.4. The zero-order valence-corrected chi connectivity index (χ0v) is 33.9. The predicted molar refractivity (Wildman–Crippen MR) is 220 cm³/mol. The topological polar surface area (TPSA) is 118 Å². The van der Waals surface area contributed by atoms with Gasteiger partial charge in [-0.25, -0.2) is 4.79 Å². The van der Waals surface area contributed by atoms with E-state index in [4.69, 9.17) is 14.2 Å². The largest absolute Gasteiger partial charge is 0.445 e. The standard InChI is InChI=1S/C48H55N3O7/c1-31-41(26-50-30-48(4)24-38(50)23-47(2,3)29-48)57-45(58-43(31)35-16-14-32(27-52)15-17-35)36-20-18-34(19-21-36)39-13-9-8-12-37(39)25-51-42(53)22-40(44(51)54)49-46(55)56-28-33-10-6-5-7-11-33/h5-21,31,38,40-41,43,45,52H,22-30H2,1-4H3,(H,49,55)/t31-,38?,40?,41+,43+,45+,48?/m1/s1. The van der Waals surface area contributed by atoms with Crippen molar-refractivity contribution < 1.29 is 33.7 Å². The molecule has 0 radical (unpaired) electrons. The SMILES string of the molecule is C[C@@H]1[C@H](CN2CC3(C)CC2CC(C)(C)C3)O[C@H](c2ccc(-c3ccccc3CN3C(=O)CC(NC(=O)OCc4ccccc4)C3=O)cc2)O[C@@H]1c1ccc(CO)cc1. The molecule has 10 heteroatoms. The van der Waals surface area contributed by atoms with Crippen molar-refractivity contribution in [2.24, 2.45) is 16.7 Å². The maximum atomic E-state index is 13.4. The van der Waals surface area contributed by atoms with Gasteiger partial charge in [-0.15, -0.1) is 0 Å². The normalized spacial score (nSPS) is 28.1. The first-order valence-electron chi connectivity index (χ1n) is 20.6. The van der Waals surface area contributed by atoms with Crippen molar-refractivity contribution in [3.05, 3.63) is 131 Å². The van der Waals surface area contributed by atoms with Crippen LogP contribution in [0.25, 0.3) is 11.1 Å². The van der Waals surface area contributed by atoms with E-state index >= 15 is 0 Å². The number of aliphatic hydroxyl groups is 1. The fourth-order valence-corrected chi connectivity index (χ4v) is 10.1. The average molecular weight is 786 g/mol. The van der Waals surface area contributed by atoms with Crippen LogP contribution in [0.15, 0.2) is 103 Å². The Bertz CT molecular complexity index is 2110. The average Bonchev–Trinajstić information content (AvgIpc) is 3.62. The summed E-state index contributed by atoms with van der Waals surface area (Å²) in [6, 6.07) is 32.7. The molecule has 0 spiro atoms. The summed E-state index contributed by atoms with van der Waals surface area (Å²) in [6.45, 7) is 11.5. The highest BCUT2D eigenvalue weighted by atomic mass is 16.7. The van der Waals surface area contributed by atoms with E-state index in [1.165, 1.54) is 24.2 Å². The minimum Gasteiger partial charge on any atom is -0.445 e. The van der Waals surface area contributed by atoms with Gasteiger partial charge < -0.3 is 24.6 Å². The fraction of sp³-hybridized carbons (Fsp3) is 0.438. The van der Waals surface area contributed by atoms with Crippen LogP contribution < -0.4 is 5.32 Å². The van der Waals surface area contributed by atoms with Gasteiger partial charge in [-0.3, -0.25) is 19.4 Å². The molecule has 4 fully saturated rings. The number of amides is 3. The fourth-order valence-electron chi connectivity index (χ4n) is 10.1. The minimum absolute atomic E-state index is 0.00888. The number of likely N-dealkylation sites (tertiary alicyclic amines) is 2. The number of hydrogen-bond acceptors (Lipinski definition) is 8. The molecule has 58 heavy (non-hydrogen) atoms. The number of carbonyl (C=O) groups excluding carboxylic acids is 3. The molecule has 8 rings (SSSR count). The maximum Gasteiger partial charge on any atom is 0.408 e. The Morgan fingerprint density at radius 1 is 0.862 bits per heavy atom. The second-order valence-corrected chi connectivity index (χ2v) is 18.0. The molecule has 3 saturated heterocycles. The number of ether oxygens (including phenoxy) is 3. The Hall–Kier alpha value is -4.87. The van der Waals surface area contributed by atoms with Crippen LogP contribution in [0.3, 0.4) is 0 Å². The number of nitrogens with zero attached hydrogens (tertiary/aromatic N) is 2. The second-order valence-electron chi connectivity index (χ2n) is 18.0. The van der Waals surface area contributed by atoms with Gasteiger partial charge >= 0.3 is 6.09 Å². The predicted octanol–water partition coefficient (Wildman–Crippen LogP) is 8.09. The third kappa shape index (κ3) is 8.61. The Labute approximate surface area is 341 Å². The highest BCUT2D eigenvalue weighted by Crippen LogP contribution is 2.53. The number of hydrogen-bond donors (Lipinski definition) is 2. The lowest BCUT2D eigenvalue weighted by Gasteiger charge is -2.43. The molecule has 1 aliphatic carbocycles. The molecule has 7 atom stereocenters. The van der Waals surface area contributed by atoms with Crippen molar-refractivity contribution >= 4 is 17.9 Å². The van der Waals surface area contributed by atoms with Crippen LogP contribution in [0.2, 0.25) is 0 Å². The molecule has 304 valence electrons. The number of alkyl carbamates (subject to hydrolysis) is 1. The van der Waals surface area contributed by atoms with E-state index in [0.29, 0.717) is 16.9 Å². The summed E-state index contributed by atoms with van der Waals surface area (Å²) in [7, 11) is 0. The summed E-state index contributed by atoms with van der Waals surface area (Å²) in [5.41, 5.74) is 6.92. The lowest BCUT2D eigenvalue weighted by molar-refractivity contribution is -0.276. The van der Waals surface area contributed by atoms with Gasteiger partial charge in [0.05, 0.1) is 31.8 Å². The highest BCUT2D eigenvalue weighted by Gasteiger charge is 2.51. The van der Waals surface area contributed by atoms with Crippen molar-refractivity contribution in [1.29, 1.82) is 0 Å². The Morgan fingerprint density at radius 3 is 2.31 bits per heavy atom. The van der Waals surface area contributed by atoms with E-state index < -0.39 is 24.3 Å². The van der Waals surface area contributed by atoms with Gasteiger partial charge in [0, 0.05) is 30.6 Å². The molecule has 2 bridgehead atoms. The molecule has 3 aliphatic heterocycles. The molecule has 3 unspecified atom stereocenters. The number of aliphatic hydroxyl groups excluding tert-OH is 1. The minimum atomic E-state index is -0.985. The summed E-state index contributed by atoms with van der Waals surface area (Å²) >= 11 is 0. The van der Waals surface area contributed by atoms with E-state index in [-0.39, 0.29) is 50.2 Å². The van der Waals surface area contributed by atoms with Crippen molar-refractivity contribution in [3.8, 4) is 11.1 Å². The molecule has 1 saturated carbocycles. The van der Waals surface area contributed by atoms with Crippen LogP contribution in [-0.2, 0) is 43.6 Å². The summed E-state index contributed by atoms with van der Waals surface area (Å²) in [6.07, 6.45) is 1.94. The van der Waals surface area contributed by atoms with Crippen molar-refractivity contribution in [2.45, 2.75) is 104 Å². The van der Waals surface area contributed by atoms with Crippen LogP contribution in [0.4, 0.5) is 4.79 Å². The molecular formula is C48H55N3O7. The quantitative estimate of drug-likeness (QED) is 0.147. The molecule has 3 amide bonds. The zero-order valence-electron chi connectivity index (χ0n) is 33.9. The zero-order chi connectivity index (χ0) is 40.6. The monoisotopic (exact) mass is 785 g/mol. The first-order chi connectivity index (χ1) is 27.9. The van der Waals surface area contributed by atoms with Crippen LogP contribution >= 0.6 is 0 Å². The number of carbonyl (C=O) groups is 3. The van der Waals surface area contributed by atoms with Gasteiger partial charge in [-0.05, 0) is 63.5 Å². The van der Waals surface area contributed by atoms with Gasteiger partial charge in [0.25, 0.3) is 5.91 Å². The Kier molecular flexibility index (Phi) is 11.3. The summed E-state index contributed by atoms with van der Waals surface area (Å²) in [4.78, 5) is 42.9. The van der Waals surface area contributed by atoms with Gasteiger partial charge in [-0.1, -0.05) is 131 Å². The lowest BCUT2D eigenvalue weighted by atomic mass is 9.65. The molecule has 4 aliphatic rings. The number of benzene rings is 4. The number of rotatable bonds is 11. The number of nitrogens with one attached hydrogen (secondary N) is 1. The smallest absolute Gasteiger partial charge is 0.408 e. The number of fused-ring (bicyclic) bond motifs is 2. The molecule has 3 heterocycles. The van der Waals surface area contributed by atoms with Crippen LogP contribution in [0.1, 0.15) is 93.6 Å². The molecule has 4 aromatic rings.